The molecular weight excluding hydrogens is 151 g/mol. The third kappa shape index (κ3) is 1.50. The maximum Gasteiger partial charge on any atom is 0.489 e. The minimum absolute atomic E-state index is 0.474. The smallest absolute Gasteiger partial charge is 0.487 e. The lowest BCUT2D eigenvalue weighted by Gasteiger charge is -1.90. The van der Waals surface area contributed by atoms with Crippen LogP contribution in [-0.2, 0) is 0 Å². The molecule has 0 aliphatic rings. The van der Waals surface area contributed by atoms with Crippen molar-refractivity contribution in [3.63, 3.8) is 0 Å². The first-order valence-corrected chi connectivity index (χ1v) is 3.60. The highest BCUT2D eigenvalue weighted by atomic mass is 32.1. The molecule has 0 saturated heterocycles. The van der Waals surface area contributed by atoms with Gasteiger partial charge in [-0.05, 0) is 16.9 Å². The molecule has 1 aromatic rings. The fourth-order valence-corrected chi connectivity index (χ4v) is 1.32. The highest BCUT2D eigenvalue weighted by Crippen LogP contribution is 2.15. The molecule has 0 bridgehead atoms. The number of thiophene rings is 1. The highest BCUT2D eigenvalue weighted by Gasteiger charge is 2.12. The fraction of sp³-hybridized carbons (Fsp3) is 0.200. The van der Waals surface area contributed by atoms with E-state index in [-0.39, 0.29) is 0 Å². The first kappa shape index (κ1) is 7.59. The lowest BCUT2D eigenvalue weighted by molar-refractivity contribution is 0.421. The van der Waals surface area contributed by atoms with Crippen LogP contribution in [0.5, 0.6) is 5.06 Å². The van der Waals surface area contributed by atoms with Crippen LogP contribution in [-0.4, -0.2) is 24.3 Å². The van der Waals surface area contributed by atoms with Crippen molar-refractivity contribution in [1.29, 1.82) is 0 Å². The van der Waals surface area contributed by atoms with Crippen molar-refractivity contribution < 1.29 is 14.8 Å². The van der Waals surface area contributed by atoms with Crippen molar-refractivity contribution in [3.05, 3.63) is 11.4 Å². The van der Waals surface area contributed by atoms with Crippen molar-refractivity contribution in [2.24, 2.45) is 0 Å². The van der Waals surface area contributed by atoms with Crippen molar-refractivity contribution in [1.82, 2.24) is 0 Å². The second kappa shape index (κ2) is 3.05. The Balaban J connectivity index is 2.78. The van der Waals surface area contributed by atoms with E-state index in [1.807, 2.05) is 0 Å². The molecule has 0 aromatic carbocycles. The summed E-state index contributed by atoms with van der Waals surface area (Å²) in [5.74, 6) is 0. The zero-order valence-corrected chi connectivity index (χ0v) is 6.26. The third-order valence-corrected chi connectivity index (χ3v) is 2.00. The summed E-state index contributed by atoms with van der Waals surface area (Å²) in [7, 11) is 0.152. The maximum atomic E-state index is 8.64. The molecule has 0 saturated carbocycles. The zero-order valence-electron chi connectivity index (χ0n) is 5.44. The predicted octanol–water partition coefficient (Wildman–Crippen LogP) is -0.564. The van der Waals surface area contributed by atoms with Gasteiger partial charge in [-0.3, -0.25) is 0 Å². The Morgan fingerprint density at radius 2 is 2.30 bits per heavy atom. The van der Waals surface area contributed by atoms with Gasteiger partial charge in [-0.1, -0.05) is 0 Å². The van der Waals surface area contributed by atoms with Gasteiger partial charge in [-0.2, -0.15) is 0 Å². The summed E-state index contributed by atoms with van der Waals surface area (Å²) in [4.78, 5) is 0. The number of methoxy groups -OCH3 is 1. The van der Waals surface area contributed by atoms with Gasteiger partial charge in [0.1, 0.15) is 0 Å². The molecule has 0 fully saturated rings. The van der Waals surface area contributed by atoms with Crippen molar-refractivity contribution >= 4 is 23.9 Å². The molecular formula is C5H7BO3S. The van der Waals surface area contributed by atoms with Crippen LogP contribution in [0.4, 0.5) is 0 Å². The molecule has 0 atom stereocenters. The average molecular weight is 158 g/mol. The second-order valence-electron chi connectivity index (χ2n) is 1.78. The first-order valence-electron chi connectivity index (χ1n) is 2.72. The number of ether oxygens (including phenoxy) is 1. The Bertz CT molecular complexity index is 210. The van der Waals surface area contributed by atoms with E-state index in [2.05, 4.69) is 0 Å². The van der Waals surface area contributed by atoms with E-state index in [4.69, 9.17) is 14.8 Å². The second-order valence-corrected chi connectivity index (χ2v) is 2.65. The third-order valence-electron chi connectivity index (χ3n) is 1.10. The Morgan fingerprint density at radius 3 is 2.60 bits per heavy atom. The summed E-state index contributed by atoms with van der Waals surface area (Å²) in [6.07, 6.45) is 0. The lowest BCUT2D eigenvalue weighted by atomic mass is 9.83. The molecule has 0 aliphatic heterocycles. The van der Waals surface area contributed by atoms with E-state index < -0.39 is 7.12 Å². The summed E-state index contributed by atoms with van der Waals surface area (Å²) in [6.45, 7) is 0. The van der Waals surface area contributed by atoms with Crippen molar-refractivity contribution in [3.8, 4) is 5.06 Å². The van der Waals surface area contributed by atoms with E-state index in [1.165, 1.54) is 11.3 Å². The summed E-state index contributed by atoms with van der Waals surface area (Å²) in [6, 6.07) is 1.59. The van der Waals surface area contributed by atoms with E-state index in [0.29, 0.717) is 10.5 Å². The van der Waals surface area contributed by atoms with E-state index in [1.54, 1.807) is 18.6 Å². The molecule has 0 aliphatic carbocycles. The number of rotatable bonds is 2. The molecule has 1 aromatic heterocycles. The topological polar surface area (TPSA) is 49.7 Å². The quantitative estimate of drug-likeness (QED) is 0.567. The van der Waals surface area contributed by atoms with Gasteiger partial charge in [-0.15, -0.1) is 11.3 Å². The minimum atomic E-state index is -1.39. The van der Waals surface area contributed by atoms with Crippen LogP contribution in [0.3, 0.4) is 0 Å². The average Bonchev–Trinajstić information content (AvgIpc) is 2.34. The first-order chi connectivity index (χ1) is 4.74. The molecule has 54 valence electrons. The van der Waals surface area contributed by atoms with Gasteiger partial charge in [0.15, 0.2) is 5.06 Å². The van der Waals surface area contributed by atoms with Crippen molar-refractivity contribution in [2.45, 2.75) is 0 Å². The molecule has 0 unspecified atom stereocenters. The number of hydrogen-bond donors (Lipinski definition) is 2. The zero-order chi connectivity index (χ0) is 7.56. The molecule has 3 nitrogen and oxygen atoms in total. The predicted molar refractivity (Wildman–Crippen MR) is 40.7 cm³/mol. The highest BCUT2D eigenvalue weighted by molar-refractivity contribution is 7.13. The lowest BCUT2D eigenvalue weighted by Crippen LogP contribution is -2.27. The largest absolute Gasteiger partial charge is 0.489 e. The van der Waals surface area contributed by atoms with Gasteiger partial charge in [0.2, 0.25) is 0 Å². The molecule has 0 radical (unpaired) electrons. The molecule has 0 amide bonds. The van der Waals surface area contributed by atoms with Gasteiger partial charge in [0, 0.05) is 0 Å². The maximum absolute atomic E-state index is 8.64. The monoisotopic (exact) mass is 158 g/mol. The van der Waals surface area contributed by atoms with E-state index >= 15 is 0 Å². The van der Waals surface area contributed by atoms with Gasteiger partial charge in [0.25, 0.3) is 0 Å². The van der Waals surface area contributed by atoms with Crippen LogP contribution in [0, 0.1) is 0 Å². The summed E-state index contributed by atoms with van der Waals surface area (Å²) in [5, 5.41) is 19.6. The van der Waals surface area contributed by atoms with Crippen LogP contribution in [0.1, 0.15) is 0 Å². The van der Waals surface area contributed by atoms with Gasteiger partial charge in [0.05, 0.1) is 7.11 Å². The van der Waals surface area contributed by atoms with Gasteiger partial charge < -0.3 is 14.8 Å². The normalized spacial score (nSPS) is 9.50. The van der Waals surface area contributed by atoms with Crippen LogP contribution >= 0.6 is 11.3 Å². The Hall–Kier alpha value is -0.515. The molecule has 10 heavy (non-hydrogen) atoms. The van der Waals surface area contributed by atoms with Crippen molar-refractivity contribution in [2.75, 3.05) is 7.11 Å². The SMILES string of the molecule is COc1cc(B(O)O)cs1. The van der Waals surface area contributed by atoms with E-state index in [0.717, 1.165) is 0 Å². The molecule has 1 heterocycles. The summed E-state index contributed by atoms with van der Waals surface area (Å²) >= 11 is 1.34. The van der Waals surface area contributed by atoms with Crippen LogP contribution < -0.4 is 10.2 Å². The number of hydrogen-bond acceptors (Lipinski definition) is 4. The Kier molecular flexibility index (Phi) is 2.31. The van der Waals surface area contributed by atoms with Crippen LogP contribution in [0.15, 0.2) is 11.4 Å². The molecule has 5 heteroatoms. The van der Waals surface area contributed by atoms with Crippen LogP contribution in [0.2, 0.25) is 0 Å². The van der Waals surface area contributed by atoms with Crippen LogP contribution in [0.25, 0.3) is 0 Å². The minimum Gasteiger partial charge on any atom is -0.487 e. The Morgan fingerprint density at radius 1 is 1.60 bits per heavy atom. The van der Waals surface area contributed by atoms with Gasteiger partial charge in [-0.25, -0.2) is 0 Å². The summed E-state index contributed by atoms with van der Waals surface area (Å²) in [5.41, 5.74) is 0.474. The van der Waals surface area contributed by atoms with E-state index in [9.17, 15) is 0 Å². The molecule has 0 spiro atoms. The molecule has 2 N–H and O–H groups in total. The Labute approximate surface area is 63.0 Å². The van der Waals surface area contributed by atoms with Gasteiger partial charge >= 0.3 is 7.12 Å². The fourth-order valence-electron chi connectivity index (χ4n) is 0.573. The summed E-state index contributed by atoms with van der Waals surface area (Å²) < 4.78 is 4.84. The molecule has 1 rings (SSSR count). The standard InChI is InChI=1S/C5H7BO3S/c1-9-5-2-4(3-10-5)6(7)8/h2-3,7-8H,1H3.